The predicted molar refractivity (Wildman–Crippen MR) is 118 cm³/mol. The van der Waals surface area contributed by atoms with Crippen molar-refractivity contribution in [3.05, 3.63) is 47.3 Å². The lowest BCUT2D eigenvalue weighted by Crippen LogP contribution is -2.43. The van der Waals surface area contributed by atoms with Gasteiger partial charge in [0.2, 0.25) is 0 Å². The van der Waals surface area contributed by atoms with E-state index in [1.165, 1.54) is 0 Å². The van der Waals surface area contributed by atoms with Gasteiger partial charge >= 0.3 is 0 Å². The summed E-state index contributed by atoms with van der Waals surface area (Å²) in [5, 5.41) is 0. The van der Waals surface area contributed by atoms with Crippen molar-refractivity contribution in [3.8, 4) is 11.4 Å². The summed E-state index contributed by atoms with van der Waals surface area (Å²) < 4.78 is 5.43. The van der Waals surface area contributed by atoms with Gasteiger partial charge in [0.25, 0.3) is 0 Å². The van der Waals surface area contributed by atoms with Gasteiger partial charge in [0, 0.05) is 36.0 Å². The van der Waals surface area contributed by atoms with Crippen molar-refractivity contribution in [1.29, 1.82) is 0 Å². The molecule has 0 radical (unpaired) electrons. The molecule has 2 aliphatic heterocycles. The molecule has 1 atom stereocenters. The quantitative estimate of drug-likeness (QED) is 0.825. The van der Waals surface area contributed by atoms with Gasteiger partial charge < -0.3 is 9.72 Å². The zero-order chi connectivity index (χ0) is 21.6. The molecular weight excluding hydrogens is 392 g/mol. The first-order valence-electron chi connectivity index (χ1n) is 10.8. The van der Waals surface area contributed by atoms with Crippen molar-refractivity contribution >= 4 is 23.4 Å². The number of aromatic nitrogens is 2. The van der Waals surface area contributed by atoms with Gasteiger partial charge in [0.05, 0.1) is 19.1 Å². The lowest BCUT2D eigenvalue weighted by molar-refractivity contribution is -0.119. The SMILES string of the molecule is CC1(C)N=CC2=C(C1=O)C(CCN1CCOCC1)C(=O)c1[nH]c(-c3ccccc3)nc12. The number of imidazole rings is 1. The van der Waals surface area contributed by atoms with E-state index in [-0.39, 0.29) is 11.6 Å². The van der Waals surface area contributed by atoms with Crippen LogP contribution in [0.4, 0.5) is 0 Å². The highest BCUT2D eigenvalue weighted by Gasteiger charge is 2.45. The Morgan fingerprint density at radius 1 is 1.16 bits per heavy atom. The molecule has 5 rings (SSSR count). The third-order valence-electron chi connectivity index (χ3n) is 6.36. The monoisotopic (exact) mass is 418 g/mol. The summed E-state index contributed by atoms with van der Waals surface area (Å²) in [6.07, 6.45) is 2.33. The molecule has 0 amide bonds. The van der Waals surface area contributed by atoms with Crippen molar-refractivity contribution < 1.29 is 14.3 Å². The number of dihydropyridines is 1. The molecular formula is C24H26N4O3. The molecule has 1 fully saturated rings. The van der Waals surface area contributed by atoms with Crippen LogP contribution in [0.3, 0.4) is 0 Å². The van der Waals surface area contributed by atoms with Gasteiger partial charge in [-0.2, -0.15) is 0 Å². The van der Waals surface area contributed by atoms with Crippen molar-refractivity contribution in [2.75, 3.05) is 32.8 Å². The number of carbonyl (C=O) groups is 2. The molecule has 3 aliphatic rings. The zero-order valence-corrected chi connectivity index (χ0v) is 17.9. The standard InChI is InChI=1S/C24H26N4O3/c1-24(2)22(30)18-16(8-9-28-10-12-31-13-11-28)21(29)20-19(17(18)14-25-24)26-23(27-20)15-6-4-3-5-7-15/h3-7,14,16H,8-13H2,1-2H3,(H,26,27). The van der Waals surface area contributed by atoms with Crippen molar-refractivity contribution in [2.24, 2.45) is 10.9 Å². The van der Waals surface area contributed by atoms with Gasteiger partial charge in [0.1, 0.15) is 22.8 Å². The van der Waals surface area contributed by atoms with E-state index in [0.717, 1.165) is 25.2 Å². The molecule has 1 N–H and O–H groups in total. The number of hydrogen-bond donors (Lipinski definition) is 1. The van der Waals surface area contributed by atoms with Crippen LogP contribution in [0.25, 0.3) is 17.0 Å². The molecule has 0 spiro atoms. The molecule has 1 unspecified atom stereocenters. The minimum Gasteiger partial charge on any atom is -0.379 e. The molecule has 3 heterocycles. The number of ether oxygens (including phenoxy) is 1. The maximum atomic E-state index is 13.6. The van der Waals surface area contributed by atoms with Gasteiger partial charge in [-0.1, -0.05) is 30.3 Å². The molecule has 1 aromatic heterocycles. The number of morpholine rings is 1. The van der Waals surface area contributed by atoms with E-state index in [1.54, 1.807) is 20.1 Å². The third kappa shape index (κ3) is 3.47. The number of aliphatic imine (C=N–C) groups is 1. The minimum absolute atomic E-state index is 0.0591. The number of allylic oxidation sites excluding steroid dienone is 1. The zero-order valence-electron chi connectivity index (χ0n) is 17.9. The third-order valence-corrected chi connectivity index (χ3v) is 6.36. The van der Waals surface area contributed by atoms with Crippen LogP contribution in [-0.2, 0) is 9.53 Å². The maximum absolute atomic E-state index is 13.6. The predicted octanol–water partition coefficient (Wildman–Crippen LogP) is 2.80. The van der Waals surface area contributed by atoms with Crippen LogP contribution in [0.1, 0.15) is 36.5 Å². The number of carbonyl (C=O) groups excluding carboxylic acids is 2. The molecule has 160 valence electrons. The Hall–Kier alpha value is -2.90. The van der Waals surface area contributed by atoms with E-state index in [1.807, 2.05) is 30.3 Å². The second-order valence-corrected chi connectivity index (χ2v) is 8.81. The van der Waals surface area contributed by atoms with Crippen LogP contribution in [0.2, 0.25) is 0 Å². The number of H-pyrrole nitrogens is 1. The first-order chi connectivity index (χ1) is 15.0. The molecule has 2 aromatic rings. The van der Waals surface area contributed by atoms with Crippen molar-refractivity contribution in [1.82, 2.24) is 14.9 Å². The average molecular weight is 418 g/mol. The Bertz CT molecular complexity index is 1090. The summed E-state index contributed by atoms with van der Waals surface area (Å²) in [5.41, 5.74) is 2.29. The first kappa shape index (κ1) is 20.0. The normalized spacial score (nSPS) is 23.1. The molecule has 31 heavy (non-hydrogen) atoms. The highest BCUT2D eigenvalue weighted by molar-refractivity contribution is 6.30. The molecule has 0 saturated carbocycles. The van der Waals surface area contributed by atoms with Crippen LogP contribution < -0.4 is 0 Å². The van der Waals surface area contributed by atoms with E-state index in [0.29, 0.717) is 48.0 Å². The molecule has 0 bridgehead atoms. The van der Waals surface area contributed by atoms with Gasteiger partial charge in [-0.05, 0) is 26.8 Å². The lowest BCUT2D eigenvalue weighted by Gasteiger charge is -2.34. The maximum Gasteiger partial charge on any atom is 0.188 e. The summed E-state index contributed by atoms with van der Waals surface area (Å²) in [6, 6.07) is 9.70. The molecule has 1 aliphatic carbocycles. The van der Waals surface area contributed by atoms with Gasteiger partial charge in [0.15, 0.2) is 11.6 Å². The van der Waals surface area contributed by atoms with Crippen LogP contribution in [0, 0.1) is 5.92 Å². The van der Waals surface area contributed by atoms with E-state index in [2.05, 4.69) is 14.9 Å². The summed E-state index contributed by atoms with van der Waals surface area (Å²) in [7, 11) is 0. The number of nitrogens with zero attached hydrogens (tertiary/aromatic N) is 3. The second kappa shape index (κ2) is 7.66. The minimum atomic E-state index is -0.869. The largest absolute Gasteiger partial charge is 0.379 e. The van der Waals surface area contributed by atoms with Gasteiger partial charge in [-0.3, -0.25) is 19.5 Å². The number of Topliss-reactive ketones (excluding diaryl/α,β-unsaturated/α-hetero) is 2. The first-order valence-corrected chi connectivity index (χ1v) is 10.8. The topological polar surface area (TPSA) is 87.7 Å². The Morgan fingerprint density at radius 3 is 2.65 bits per heavy atom. The fourth-order valence-corrected chi connectivity index (χ4v) is 4.54. The highest BCUT2D eigenvalue weighted by Crippen LogP contribution is 2.41. The van der Waals surface area contributed by atoms with Crippen LogP contribution >= 0.6 is 0 Å². The van der Waals surface area contributed by atoms with Crippen LogP contribution in [0.15, 0.2) is 40.9 Å². The number of hydrogen-bond acceptors (Lipinski definition) is 6. The summed E-state index contributed by atoms with van der Waals surface area (Å²) in [5.74, 6) is -0.00497. The van der Waals surface area contributed by atoms with Gasteiger partial charge in [-0.25, -0.2) is 4.98 Å². The van der Waals surface area contributed by atoms with Crippen LogP contribution in [-0.4, -0.2) is 71.0 Å². The molecule has 1 saturated heterocycles. The van der Waals surface area contributed by atoms with Crippen molar-refractivity contribution in [2.45, 2.75) is 25.8 Å². The highest BCUT2D eigenvalue weighted by atomic mass is 16.5. The van der Waals surface area contributed by atoms with E-state index in [4.69, 9.17) is 9.72 Å². The Balaban J connectivity index is 1.55. The van der Waals surface area contributed by atoms with E-state index >= 15 is 0 Å². The van der Waals surface area contributed by atoms with E-state index in [9.17, 15) is 9.59 Å². The number of nitrogens with one attached hydrogen (secondary N) is 1. The summed E-state index contributed by atoms with van der Waals surface area (Å²) in [6.45, 7) is 7.45. The Kier molecular flexibility index (Phi) is 4.95. The molecule has 7 nitrogen and oxygen atoms in total. The molecule has 7 heteroatoms. The van der Waals surface area contributed by atoms with Gasteiger partial charge in [-0.15, -0.1) is 0 Å². The lowest BCUT2D eigenvalue weighted by atomic mass is 9.73. The Labute approximate surface area is 181 Å². The molecule has 1 aromatic carbocycles. The fraction of sp³-hybridized carbons (Fsp3) is 0.417. The number of rotatable bonds is 4. The fourth-order valence-electron chi connectivity index (χ4n) is 4.54. The van der Waals surface area contributed by atoms with Crippen molar-refractivity contribution in [3.63, 3.8) is 0 Å². The summed E-state index contributed by atoms with van der Waals surface area (Å²) in [4.78, 5) is 41.7. The number of benzene rings is 1. The number of fused-ring (bicyclic) bond motifs is 2. The van der Waals surface area contributed by atoms with Crippen LogP contribution in [0.5, 0.6) is 0 Å². The second-order valence-electron chi connectivity index (χ2n) is 8.81. The smallest absolute Gasteiger partial charge is 0.188 e. The summed E-state index contributed by atoms with van der Waals surface area (Å²) >= 11 is 0. The number of ketones is 2. The average Bonchev–Trinajstić information content (AvgIpc) is 3.23. The number of aromatic amines is 1. The van der Waals surface area contributed by atoms with E-state index < -0.39 is 11.5 Å². The Morgan fingerprint density at radius 2 is 1.90 bits per heavy atom.